The van der Waals surface area contributed by atoms with Crippen molar-refractivity contribution in [1.29, 1.82) is 5.26 Å². The third-order valence-electron chi connectivity index (χ3n) is 4.17. The van der Waals surface area contributed by atoms with Crippen molar-refractivity contribution >= 4 is 29.1 Å². The van der Waals surface area contributed by atoms with E-state index in [9.17, 15) is 14.7 Å². The van der Waals surface area contributed by atoms with E-state index in [0.29, 0.717) is 5.56 Å². The van der Waals surface area contributed by atoms with E-state index in [2.05, 4.69) is 10.6 Å². The topological polar surface area (TPSA) is 137 Å². The Kier molecular flexibility index (Phi) is 7.51. The van der Waals surface area contributed by atoms with Crippen LogP contribution in [-0.2, 0) is 11.2 Å². The number of thiocarbonyl (C=S) groups is 1. The first-order valence-corrected chi connectivity index (χ1v) is 8.99. The van der Waals surface area contributed by atoms with Crippen molar-refractivity contribution in [3.05, 3.63) is 59.2 Å². The number of amides is 3. The number of phenols is 1. The molecule has 150 valence electrons. The molecule has 0 aliphatic rings. The summed E-state index contributed by atoms with van der Waals surface area (Å²) >= 11 is 5.23. The number of benzene rings is 2. The Labute approximate surface area is 173 Å². The van der Waals surface area contributed by atoms with Gasteiger partial charge in [0.05, 0.1) is 24.7 Å². The van der Waals surface area contributed by atoms with E-state index >= 15 is 0 Å². The van der Waals surface area contributed by atoms with Gasteiger partial charge in [-0.3, -0.25) is 10.1 Å². The molecular formula is C20H20N4O4S. The van der Waals surface area contributed by atoms with Crippen LogP contribution in [0.2, 0.25) is 0 Å². The van der Waals surface area contributed by atoms with Crippen LogP contribution in [-0.4, -0.2) is 35.7 Å². The second kappa shape index (κ2) is 10.1. The molecule has 1 unspecified atom stereocenters. The third kappa shape index (κ3) is 5.43. The van der Waals surface area contributed by atoms with Crippen molar-refractivity contribution < 1.29 is 19.4 Å². The normalized spacial score (nSPS) is 11.0. The van der Waals surface area contributed by atoms with E-state index in [0.717, 1.165) is 5.56 Å². The minimum Gasteiger partial charge on any atom is -0.504 e. The first-order chi connectivity index (χ1) is 13.9. The molecule has 2 aromatic carbocycles. The average Bonchev–Trinajstić information content (AvgIpc) is 2.70. The van der Waals surface area contributed by atoms with Crippen LogP contribution in [0.5, 0.6) is 11.5 Å². The van der Waals surface area contributed by atoms with E-state index in [1.807, 2.05) is 36.4 Å². The van der Waals surface area contributed by atoms with Gasteiger partial charge in [-0.15, -0.1) is 0 Å². The molecule has 9 heteroatoms. The van der Waals surface area contributed by atoms with Crippen LogP contribution in [0.1, 0.15) is 22.6 Å². The summed E-state index contributed by atoms with van der Waals surface area (Å²) in [6.07, 6.45) is 0.274. The number of ether oxygens (including phenoxy) is 1. The van der Waals surface area contributed by atoms with Crippen LogP contribution in [0, 0.1) is 11.3 Å². The number of primary amides is 1. The predicted octanol–water partition coefficient (Wildman–Crippen LogP) is 1.71. The zero-order valence-electron chi connectivity index (χ0n) is 15.6. The number of carbonyl (C=O) groups excluding carboxylic acids is 2. The van der Waals surface area contributed by atoms with Crippen molar-refractivity contribution in [2.24, 2.45) is 5.73 Å². The molecule has 0 heterocycles. The van der Waals surface area contributed by atoms with E-state index in [4.69, 9.17) is 28.0 Å². The van der Waals surface area contributed by atoms with Gasteiger partial charge in [0, 0.05) is 0 Å². The molecule has 0 saturated heterocycles. The fourth-order valence-corrected chi connectivity index (χ4v) is 3.21. The molecule has 0 aliphatic carbocycles. The summed E-state index contributed by atoms with van der Waals surface area (Å²) in [5.74, 6) is -1.43. The van der Waals surface area contributed by atoms with Gasteiger partial charge in [0.2, 0.25) is 5.91 Å². The van der Waals surface area contributed by atoms with Crippen LogP contribution < -0.4 is 21.1 Å². The van der Waals surface area contributed by atoms with Crippen molar-refractivity contribution in [2.75, 3.05) is 13.7 Å². The highest BCUT2D eigenvalue weighted by molar-refractivity contribution is 7.80. The number of carbonyl (C=O) groups is 2. The molecule has 0 aromatic heterocycles. The Bertz CT molecular complexity index is 957. The van der Waals surface area contributed by atoms with E-state index in [-0.39, 0.29) is 35.0 Å². The Morgan fingerprint density at radius 3 is 2.55 bits per heavy atom. The second-order valence-corrected chi connectivity index (χ2v) is 6.43. The number of nitrogens with zero attached hydrogens (tertiary/aromatic N) is 1. The molecule has 0 saturated carbocycles. The smallest absolute Gasteiger partial charge is 0.317 e. The number of nitrogens with two attached hydrogens (primary N) is 1. The number of aromatic hydroxyl groups is 1. The largest absolute Gasteiger partial charge is 0.504 e. The number of urea groups is 1. The van der Waals surface area contributed by atoms with Gasteiger partial charge in [0.15, 0.2) is 11.5 Å². The van der Waals surface area contributed by atoms with Crippen LogP contribution in [0.25, 0.3) is 0 Å². The zero-order valence-corrected chi connectivity index (χ0v) is 16.5. The molecule has 1 atom stereocenters. The fraction of sp³-hybridized carbons (Fsp3) is 0.200. The van der Waals surface area contributed by atoms with Crippen LogP contribution in [0.15, 0.2) is 42.5 Å². The predicted molar refractivity (Wildman–Crippen MR) is 111 cm³/mol. The van der Waals surface area contributed by atoms with E-state index < -0.39 is 17.9 Å². The minimum atomic E-state index is -0.906. The molecule has 0 spiro atoms. The molecule has 2 rings (SSSR count). The Morgan fingerprint density at radius 1 is 1.28 bits per heavy atom. The highest BCUT2D eigenvalue weighted by atomic mass is 32.1. The van der Waals surface area contributed by atoms with Crippen LogP contribution in [0.4, 0.5) is 4.79 Å². The summed E-state index contributed by atoms with van der Waals surface area (Å²) in [5.41, 5.74) is 6.45. The summed E-state index contributed by atoms with van der Waals surface area (Å²) in [6, 6.07) is 13.3. The lowest BCUT2D eigenvalue weighted by Crippen LogP contribution is -2.36. The number of phenolic OH excluding ortho intramolecular Hbond substituents is 1. The van der Waals surface area contributed by atoms with Gasteiger partial charge in [-0.25, -0.2) is 4.79 Å². The number of nitrogens with one attached hydrogen (secondary N) is 2. The number of nitriles is 1. The van der Waals surface area contributed by atoms with Gasteiger partial charge < -0.3 is 20.9 Å². The highest BCUT2D eigenvalue weighted by Crippen LogP contribution is 2.37. The van der Waals surface area contributed by atoms with E-state index in [1.54, 1.807) is 6.07 Å². The number of rotatable bonds is 7. The van der Waals surface area contributed by atoms with Crippen molar-refractivity contribution in [3.63, 3.8) is 0 Å². The van der Waals surface area contributed by atoms with Crippen molar-refractivity contribution in [3.8, 4) is 17.6 Å². The molecule has 0 aliphatic heterocycles. The Balaban J connectivity index is 2.60. The number of hydrogen-bond acceptors (Lipinski definition) is 6. The van der Waals surface area contributed by atoms with Gasteiger partial charge in [-0.05, 0) is 23.6 Å². The molecule has 0 bridgehead atoms. The van der Waals surface area contributed by atoms with Crippen molar-refractivity contribution in [1.82, 2.24) is 10.6 Å². The van der Waals surface area contributed by atoms with Crippen LogP contribution in [0.3, 0.4) is 0 Å². The second-order valence-electron chi connectivity index (χ2n) is 6.02. The molecule has 8 nitrogen and oxygen atoms in total. The first-order valence-electron chi connectivity index (χ1n) is 8.58. The average molecular weight is 412 g/mol. The highest BCUT2D eigenvalue weighted by Gasteiger charge is 2.28. The summed E-state index contributed by atoms with van der Waals surface area (Å²) in [7, 11) is 1.37. The van der Waals surface area contributed by atoms with Gasteiger partial charge in [-0.1, -0.05) is 48.6 Å². The monoisotopic (exact) mass is 412 g/mol. The molecule has 3 amide bonds. The maximum absolute atomic E-state index is 12.8. The van der Waals surface area contributed by atoms with E-state index in [1.165, 1.54) is 13.2 Å². The molecule has 2 aromatic rings. The number of hydrogen-bond donors (Lipinski definition) is 4. The van der Waals surface area contributed by atoms with Gasteiger partial charge in [0.1, 0.15) is 11.5 Å². The lowest BCUT2D eigenvalue weighted by molar-refractivity contribution is -0.122. The zero-order chi connectivity index (χ0) is 21.4. The standard InChI is InChI=1S/C20H20N4O4S/c1-28-15-8-7-13(16(17(15)25)19(29)24-20(22)27)14(18(26)23-10-9-21)11-12-5-3-2-4-6-12/h2-8,14,25H,10-11H2,1H3,(H,23,26)(H3,22,24,27,29). The van der Waals surface area contributed by atoms with Crippen molar-refractivity contribution in [2.45, 2.75) is 12.3 Å². The number of methoxy groups -OCH3 is 1. The Morgan fingerprint density at radius 2 is 1.97 bits per heavy atom. The summed E-state index contributed by atoms with van der Waals surface area (Å²) in [4.78, 5) is 24.0. The van der Waals surface area contributed by atoms with Gasteiger partial charge in [0.25, 0.3) is 0 Å². The lowest BCUT2D eigenvalue weighted by atomic mass is 9.87. The Hall–Kier alpha value is -3.64. The summed E-state index contributed by atoms with van der Waals surface area (Å²) in [5, 5.41) is 24.2. The molecule has 29 heavy (non-hydrogen) atoms. The van der Waals surface area contributed by atoms with Gasteiger partial charge >= 0.3 is 6.03 Å². The fourth-order valence-electron chi connectivity index (χ4n) is 2.90. The quantitative estimate of drug-likeness (QED) is 0.404. The molecular weight excluding hydrogens is 392 g/mol. The molecule has 5 N–H and O–H groups in total. The first kappa shape index (κ1) is 21.7. The molecule has 0 radical (unpaired) electrons. The van der Waals surface area contributed by atoms with Gasteiger partial charge in [-0.2, -0.15) is 5.26 Å². The minimum absolute atomic E-state index is 0.0613. The summed E-state index contributed by atoms with van der Waals surface area (Å²) in [6.45, 7) is -0.175. The molecule has 0 fully saturated rings. The maximum atomic E-state index is 12.8. The maximum Gasteiger partial charge on any atom is 0.317 e. The third-order valence-corrected chi connectivity index (χ3v) is 4.48. The SMILES string of the molecule is COc1ccc(C(Cc2ccccc2)C(=O)NCC#N)c(C(=S)NC(N)=O)c1O. The summed E-state index contributed by atoms with van der Waals surface area (Å²) < 4.78 is 5.12. The lowest BCUT2D eigenvalue weighted by Gasteiger charge is -2.22. The van der Waals surface area contributed by atoms with Crippen LogP contribution >= 0.6 is 12.2 Å².